The van der Waals surface area contributed by atoms with Crippen molar-refractivity contribution in [1.82, 2.24) is 15.0 Å². The Bertz CT molecular complexity index is 601. The smallest absolute Gasteiger partial charge is 0.362 e. The fraction of sp³-hybridized carbons (Fsp3) is 0.308. The molecule has 2 aromatic rings. The van der Waals surface area contributed by atoms with E-state index in [1.807, 2.05) is 0 Å². The lowest BCUT2D eigenvalue weighted by atomic mass is 10.2. The van der Waals surface area contributed by atoms with Gasteiger partial charge in [0.15, 0.2) is 5.69 Å². The van der Waals surface area contributed by atoms with Crippen LogP contribution in [0.1, 0.15) is 24.4 Å². The molecule has 0 aliphatic rings. The maximum atomic E-state index is 12.8. The average Bonchev–Trinajstić information content (AvgIpc) is 2.46. The molecule has 0 fully saturated rings. The predicted octanol–water partition coefficient (Wildman–Crippen LogP) is 3.11. The number of hydrogen-bond donors (Lipinski definition) is 2. The minimum Gasteiger partial charge on any atom is -0.362 e. The summed E-state index contributed by atoms with van der Waals surface area (Å²) in [5.74, 6) is -0.0135. The van der Waals surface area contributed by atoms with Crippen LogP contribution >= 0.6 is 0 Å². The van der Waals surface area contributed by atoms with Gasteiger partial charge in [-0.15, -0.1) is 0 Å². The molecule has 0 bridgehead atoms. The van der Waals surface area contributed by atoms with E-state index in [9.17, 15) is 13.2 Å². The third-order valence-corrected chi connectivity index (χ3v) is 2.74. The van der Waals surface area contributed by atoms with Gasteiger partial charge in [0, 0.05) is 19.3 Å². The number of nitrogens with one attached hydrogen (secondary N) is 2. The van der Waals surface area contributed by atoms with Gasteiger partial charge in [-0.3, -0.25) is 4.98 Å². The van der Waals surface area contributed by atoms with Gasteiger partial charge in [-0.25, -0.2) is 4.98 Å². The summed E-state index contributed by atoms with van der Waals surface area (Å²) in [6, 6.07) is 5.94. The van der Waals surface area contributed by atoms with Gasteiger partial charge < -0.3 is 10.6 Å². The van der Waals surface area contributed by atoms with Crippen LogP contribution in [0.25, 0.3) is 0 Å². The number of alkyl halides is 3. The fourth-order valence-electron chi connectivity index (χ4n) is 1.71. The van der Waals surface area contributed by atoms with Crippen molar-refractivity contribution < 1.29 is 13.2 Å². The van der Waals surface area contributed by atoms with Gasteiger partial charge in [-0.1, -0.05) is 6.07 Å². The molecular formula is C13H14F3N5. The van der Waals surface area contributed by atoms with Crippen LogP contribution in [0.4, 0.5) is 24.9 Å². The van der Waals surface area contributed by atoms with Gasteiger partial charge >= 0.3 is 6.18 Å². The minimum atomic E-state index is -4.53. The van der Waals surface area contributed by atoms with Gasteiger partial charge in [0.05, 0.1) is 11.7 Å². The number of halogens is 3. The van der Waals surface area contributed by atoms with Crippen molar-refractivity contribution in [3.63, 3.8) is 0 Å². The van der Waals surface area contributed by atoms with Crippen molar-refractivity contribution in [2.24, 2.45) is 0 Å². The SMILES string of the molecule is CNc1nc(NC(C)c2ccccn2)cc(C(F)(F)F)n1. The highest BCUT2D eigenvalue weighted by Gasteiger charge is 2.33. The Kier molecular flexibility index (Phi) is 4.25. The molecule has 0 radical (unpaired) electrons. The second-order valence-electron chi connectivity index (χ2n) is 4.33. The van der Waals surface area contributed by atoms with Gasteiger partial charge in [0.25, 0.3) is 0 Å². The molecule has 8 heteroatoms. The first-order chi connectivity index (χ1) is 9.90. The summed E-state index contributed by atoms with van der Waals surface area (Å²) in [7, 11) is 1.46. The van der Waals surface area contributed by atoms with Gasteiger partial charge in [0.2, 0.25) is 5.95 Å². The first-order valence-electron chi connectivity index (χ1n) is 6.21. The van der Waals surface area contributed by atoms with E-state index < -0.39 is 11.9 Å². The highest BCUT2D eigenvalue weighted by atomic mass is 19.4. The van der Waals surface area contributed by atoms with Crippen molar-refractivity contribution in [1.29, 1.82) is 0 Å². The lowest BCUT2D eigenvalue weighted by Crippen LogP contribution is -2.15. The molecule has 0 spiro atoms. The zero-order valence-corrected chi connectivity index (χ0v) is 11.4. The highest BCUT2D eigenvalue weighted by molar-refractivity contribution is 5.44. The summed E-state index contributed by atoms with van der Waals surface area (Å²) in [6.45, 7) is 1.79. The van der Waals surface area contributed by atoms with Crippen molar-refractivity contribution in [2.45, 2.75) is 19.1 Å². The third-order valence-electron chi connectivity index (χ3n) is 2.74. The highest BCUT2D eigenvalue weighted by Crippen LogP contribution is 2.30. The third kappa shape index (κ3) is 3.80. The molecule has 1 unspecified atom stereocenters. The molecule has 112 valence electrons. The quantitative estimate of drug-likeness (QED) is 0.908. The normalized spacial score (nSPS) is 12.8. The topological polar surface area (TPSA) is 62.7 Å². The van der Waals surface area contributed by atoms with Crippen molar-refractivity contribution in [3.05, 3.63) is 41.9 Å². The Labute approximate surface area is 119 Å². The number of pyridine rings is 1. The Balaban J connectivity index is 2.27. The first kappa shape index (κ1) is 15.0. The maximum absolute atomic E-state index is 12.8. The van der Waals surface area contributed by atoms with E-state index in [1.165, 1.54) is 7.05 Å². The molecule has 0 aliphatic carbocycles. The predicted molar refractivity (Wildman–Crippen MR) is 72.9 cm³/mol. The van der Waals surface area contributed by atoms with E-state index in [0.29, 0.717) is 5.69 Å². The maximum Gasteiger partial charge on any atom is 0.433 e. The van der Waals surface area contributed by atoms with Gasteiger partial charge in [-0.2, -0.15) is 18.2 Å². The molecule has 2 N–H and O–H groups in total. The number of nitrogens with zero attached hydrogens (tertiary/aromatic N) is 3. The Hall–Kier alpha value is -2.38. The largest absolute Gasteiger partial charge is 0.433 e. The summed E-state index contributed by atoms with van der Waals surface area (Å²) in [5, 5.41) is 5.41. The molecule has 1 atom stereocenters. The molecule has 0 saturated heterocycles. The molecular weight excluding hydrogens is 283 g/mol. The number of rotatable bonds is 4. The molecule has 2 aromatic heterocycles. The fourth-order valence-corrected chi connectivity index (χ4v) is 1.71. The summed E-state index contributed by atoms with van der Waals surface area (Å²) in [5.41, 5.74) is -0.298. The molecule has 0 saturated carbocycles. The summed E-state index contributed by atoms with van der Waals surface area (Å²) < 4.78 is 38.4. The molecule has 0 amide bonds. The minimum absolute atomic E-state index is 0.0832. The zero-order chi connectivity index (χ0) is 15.5. The van der Waals surface area contributed by atoms with Crippen molar-refractivity contribution >= 4 is 11.8 Å². The second-order valence-corrected chi connectivity index (χ2v) is 4.33. The van der Waals surface area contributed by atoms with E-state index >= 15 is 0 Å². The zero-order valence-electron chi connectivity index (χ0n) is 11.4. The second kappa shape index (κ2) is 5.94. The monoisotopic (exact) mass is 297 g/mol. The average molecular weight is 297 g/mol. The standard InChI is InChI=1S/C13H14F3N5/c1-8(9-5-3-4-6-18-9)19-11-7-10(13(14,15)16)20-12(17-2)21-11/h3-8H,1-2H3,(H2,17,19,20,21). The number of hydrogen-bond acceptors (Lipinski definition) is 5. The van der Waals surface area contributed by atoms with Crippen LogP contribution in [0.5, 0.6) is 0 Å². The Morgan fingerprint density at radius 1 is 1.19 bits per heavy atom. The summed E-state index contributed by atoms with van der Waals surface area (Å²) in [4.78, 5) is 11.5. The van der Waals surface area contributed by atoms with Gasteiger partial charge in [-0.05, 0) is 19.1 Å². The number of aromatic nitrogens is 3. The van der Waals surface area contributed by atoms with E-state index in [2.05, 4.69) is 25.6 Å². The van der Waals surface area contributed by atoms with Crippen molar-refractivity contribution in [3.8, 4) is 0 Å². The van der Waals surface area contributed by atoms with Crippen molar-refractivity contribution in [2.75, 3.05) is 17.7 Å². The van der Waals surface area contributed by atoms with E-state index in [1.54, 1.807) is 31.3 Å². The molecule has 0 aromatic carbocycles. The van der Waals surface area contributed by atoms with Gasteiger partial charge in [0.1, 0.15) is 5.82 Å². The van der Waals surface area contributed by atoms with Crippen LogP contribution in [-0.2, 0) is 6.18 Å². The Morgan fingerprint density at radius 2 is 1.95 bits per heavy atom. The van der Waals surface area contributed by atoms with Crippen LogP contribution in [0.3, 0.4) is 0 Å². The lowest BCUT2D eigenvalue weighted by molar-refractivity contribution is -0.141. The molecule has 0 aliphatic heterocycles. The van der Waals surface area contributed by atoms with Crippen LogP contribution in [-0.4, -0.2) is 22.0 Å². The number of anilines is 2. The van der Waals surface area contributed by atoms with Crippen LogP contribution in [0.15, 0.2) is 30.5 Å². The van der Waals surface area contributed by atoms with Crippen LogP contribution in [0, 0.1) is 0 Å². The lowest BCUT2D eigenvalue weighted by Gasteiger charge is -2.16. The van der Waals surface area contributed by atoms with E-state index in [0.717, 1.165) is 6.07 Å². The first-order valence-corrected chi connectivity index (χ1v) is 6.21. The van der Waals surface area contributed by atoms with E-state index in [4.69, 9.17) is 0 Å². The van der Waals surface area contributed by atoms with Crippen LogP contribution < -0.4 is 10.6 Å². The summed E-state index contributed by atoms with van der Waals surface area (Å²) in [6.07, 6.45) is -2.91. The Morgan fingerprint density at radius 3 is 2.52 bits per heavy atom. The van der Waals surface area contributed by atoms with E-state index in [-0.39, 0.29) is 17.8 Å². The molecule has 2 rings (SSSR count). The van der Waals surface area contributed by atoms with Crippen LogP contribution in [0.2, 0.25) is 0 Å². The molecule has 5 nitrogen and oxygen atoms in total. The molecule has 2 heterocycles. The summed E-state index contributed by atoms with van der Waals surface area (Å²) >= 11 is 0. The molecule has 21 heavy (non-hydrogen) atoms.